The van der Waals surface area contributed by atoms with Gasteiger partial charge >= 0.3 is 6.36 Å². The van der Waals surface area contributed by atoms with Crippen LogP contribution >= 0.6 is 0 Å². The fourth-order valence-electron chi connectivity index (χ4n) is 2.59. The summed E-state index contributed by atoms with van der Waals surface area (Å²) in [5.74, 6) is -2.27. The SMILES string of the molecule is CC1(Oc2cc(C(=O)[O-])ccc2OC(F)(F)F)CCCCC1. The fraction of sp³-hybridized carbons (Fsp3) is 0.533. The van der Waals surface area contributed by atoms with E-state index in [-0.39, 0.29) is 11.3 Å². The van der Waals surface area contributed by atoms with E-state index in [1.807, 2.05) is 0 Å². The molecule has 1 aromatic carbocycles. The van der Waals surface area contributed by atoms with Crippen LogP contribution in [0.15, 0.2) is 18.2 Å². The number of alkyl halides is 3. The molecule has 0 unspecified atom stereocenters. The first-order valence-electron chi connectivity index (χ1n) is 6.99. The highest BCUT2D eigenvalue weighted by atomic mass is 19.4. The van der Waals surface area contributed by atoms with E-state index in [4.69, 9.17) is 4.74 Å². The highest BCUT2D eigenvalue weighted by Gasteiger charge is 2.35. The quantitative estimate of drug-likeness (QED) is 0.856. The van der Waals surface area contributed by atoms with Gasteiger partial charge in [-0.2, -0.15) is 0 Å². The van der Waals surface area contributed by atoms with Crippen LogP contribution in [0.5, 0.6) is 11.5 Å². The number of carbonyl (C=O) groups is 1. The smallest absolute Gasteiger partial charge is 0.545 e. The van der Waals surface area contributed by atoms with Crippen molar-refractivity contribution in [2.75, 3.05) is 0 Å². The minimum absolute atomic E-state index is 0.233. The highest BCUT2D eigenvalue weighted by Crippen LogP contribution is 2.39. The van der Waals surface area contributed by atoms with Gasteiger partial charge in [-0.05, 0) is 50.8 Å². The van der Waals surface area contributed by atoms with Crippen molar-refractivity contribution in [2.24, 2.45) is 0 Å². The molecule has 22 heavy (non-hydrogen) atoms. The normalized spacial score (nSPS) is 17.8. The first-order valence-corrected chi connectivity index (χ1v) is 6.99. The molecule has 2 rings (SSSR count). The topological polar surface area (TPSA) is 58.6 Å². The first-order chi connectivity index (χ1) is 10.2. The molecule has 0 saturated heterocycles. The second kappa shape index (κ2) is 6.06. The Morgan fingerprint density at radius 2 is 1.82 bits per heavy atom. The number of ether oxygens (including phenoxy) is 2. The van der Waals surface area contributed by atoms with Gasteiger partial charge < -0.3 is 19.4 Å². The second-order valence-corrected chi connectivity index (χ2v) is 5.61. The van der Waals surface area contributed by atoms with Gasteiger partial charge in [-0.1, -0.05) is 6.42 Å². The summed E-state index contributed by atoms with van der Waals surface area (Å²) < 4.78 is 47.0. The Morgan fingerprint density at radius 3 is 2.36 bits per heavy atom. The van der Waals surface area contributed by atoms with E-state index in [1.165, 1.54) is 0 Å². The van der Waals surface area contributed by atoms with Crippen molar-refractivity contribution >= 4 is 5.97 Å². The molecule has 0 aromatic heterocycles. The number of halogens is 3. The van der Waals surface area contributed by atoms with Crippen molar-refractivity contribution in [3.63, 3.8) is 0 Å². The predicted octanol–water partition coefficient (Wildman–Crippen LogP) is 3.05. The summed E-state index contributed by atoms with van der Waals surface area (Å²) in [6, 6.07) is 2.93. The summed E-state index contributed by atoms with van der Waals surface area (Å²) in [6.45, 7) is 1.80. The van der Waals surface area contributed by atoms with Gasteiger partial charge in [-0.3, -0.25) is 0 Å². The molecule has 1 aromatic rings. The molecule has 0 aliphatic heterocycles. The van der Waals surface area contributed by atoms with E-state index < -0.39 is 23.7 Å². The second-order valence-electron chi connectivity index (χ2n) is 5.61. The van der Waals surface area contributed by atoms with Crippen LogP contribution in [0, 0.1) is 0 Å². The van der Waals surface area contributed by atoms with Crippen molar-refractivity contribution in [3.05, 3.63) is 23.8 Å². The molecule has 1 aliphatic carbocycles. The molecule has 0 radical (unpaired) electrons. The zero-order chi connectivity index (χ0) is 16.4. The molecule has 0 bridgehead atoms. The third-order valence-electron chi connectivity index (χ3n) is 3.67. The molecule has 1 saturated carbocycles. The maximum absolute atomic E-state index is 12.4. The summed E-state index contributed by atoms with van der Waals surface area (Å²) in [4.78, 5) is 10.9. The van der Waals surface area contributed by atoms with Crippen molar-refractivity contribution in [3.8, 4) is 11.5 Å². The lowest BCUT2D eigenvalue weighted by Gasteiger charge is -2.35. The molecule has 1 fully saturated rings. The molecular weight excluding hydrogens is 301 g/mol. The predicted molar refractivity (Wildman–Crippen MR) is 69.6 cm³/mol. The standard InChI is InChI=1S/C15H17F3O4/c1-14(7-3-2-4-8-14)21-12-9-10(13(19)20)5-6-11(12)22-15(16,17)18/h5-6,9H,2-4,7-8H2,1H3,(H,19,20)/p-1. The maximum Gasteiger partial charge on any atom is 0.573 e. The van der Waals surface area contributed by atoms with Crippen LogP contribution in [0.3, 0.4) is 0 Å². The molecule has 122 valence electrons. The third-order valence-corrected chi connectivity index (χ3v) is 3.67. The van der Waals surface area contributed by atoms with E-state index in [0.29, 0.717) is 12.8 Å². The highest BCUT2D eigenvalue weighted by molar-refractivity contribution is 5.86. The van der Waals surface area contributed by atoms with E-state index in [0.717, 1.165) is 37.5 Å². The number of benzene rings is 1. The van der Waals surface area contributed by atoms with Crippen molar-refractivity contribution in [2.45, 2.75) is 51.0 Å². The molecule has 0 spiro atoms. The zero-order valence-electron chi connectivity index (χ0n) is 12.0. The molecule has 4 nitrogen and oxygen atoms in total. The van der Waals surface area contributed by atoms with Crippen LogP contribution in [0.25, 0.3) is 0 Å². The average Bonchev–Trinajstić information content (AvgIpc) is 2.39. The van der Waals surface area contributed by atoms with Gasteiger partial charge in [-0.25, -0.2) is 0 Å². The van der Waals surface area contributed by atoms with Crippen molar-refractivity contribution < 1.29 is 32.5 Å². The van der Waals surface area contributed by atoms with Gasteiger partial charge in [0.2, 0.25) is 0 Å². The molecule has 0 amide bonds. The van der Waals surface area contributed by atoms with E-state index in [9.17, 15) is 23.1 Å². The number of aromatic carboxylic acids is 1. The summed E-state index contributed by atoms with van der Waals surface area (Å²) in [5, 5.41) is 10.9. The van der Waals surface area contributed by atoms with Crippen LogP contribution < -0.4 is 14.6 Å². The van der Waals surface area contributed by atoms with Crippen molar-refractivity contribution in [1.82, 2.24) is 0 Å². The van der Waals surface area contributed by atoms with Crippen molar-refractivity contribution in [1.29, 1.82) is 0 Å². The Bertz CT molecular complexity index is 548. The molecular formula is C15H16F3O4-. The first kappa shape index (κ1) is 16.5. The van der Waals surface area contributed by atoms with E-state index in [2.05, 4.69) is 4.74 Å². The number of hydrogen-bond acceptors (Lipinski definition) is 4. The van der Waals surface area contributed by atoms with Crippen LogP contribution in [0.4, 0.5) is 13.2 Å². The van der Waals surface area contributed by atoms with Gasteiger partial charge in [-0.15, -0.1) is 13.2 Å². The van der Waals surface area contributed by atoms with Gasteiger partial charge in [0.15, 0.2) is 11.5 Å². The Kier molecular flexibility index (Phi) is 4.53. The van der Waals surface area contributed by atoms with Gasteiger partial charge in [0.25, 0.3) is 0 Å². The minimum atomic E-state index is -4.88. The number of rotatable bonds is 4. The molecule has 1 aliphatic rings. The molecule has 0 N–H and O–H groups in total. The Hall–Kier alpha value is -1.92. The molecule has 0 atom stereocenters. The fourth-order valence-corrected chi connectivity index (χ4v) is 2.59. The molecule has 7 heteroatoms. The van der Waals surface area contributed by atoms with Crippen LogP contribution in [0.1, 0.15) is 49.4 Å². The van der Waals surface area contributed by atoms with Gasteiger partial charge in [0, 0.05) is 5.56 Å². The van der Waals surface area contributed by atoms with E-state index in [1.54, 1.807) is 6.92 Å². The maximum atomic E-state index is 12.4. The van der Waals surface area contributed by atoms with Gasteiger partial charge in [0.05, 0.1) is 5.97 Å². The van der Waals surface area contributed by atoms with E-state index >= 15 is 0 Å². The number of carboxylic acid groups (broad SMARTS) is 1. The number of carbonyl (C=O) groups excluding carboxylic acids is 1. The lowest BCUT2D eigenvalue weighted by atomic mass is 9.86. The van der Waals surface area contributed by atoms with Crippen LogP contribution in [0.2, 0.25) is 0 Å². The average molecular weight is 317 g/mol. The van der Waals surface area contributed by atoms with Crippen LogP contribution in [-0.2, 0) is 0 Å². The Balaban J connectivity index is 2.32. The summed E-state index contributed by atoms with van der Waals surface area (Å²) in [6.07, 6.45) is -0.640. The summed E-state index contributed by atoms with van der Waals surface area (Å²) in [7, 11) is 0. The minimum Gasteiger partial charge on any atom is -0.545 e. The zero-order valence-corrected chi connectivity index (χ0v) is 12.0. The third kappa shape index (κ3) is 4.29. The molecule has 0 heterocycles. The largest absolute Gasteiger partial charge is 0.573 e. The summed E-state index contributed by atoms with van der Waals surface area (Å²) >= 11 is 0. The lowest BCUT2D eigenvalue weighted by Crippen LogP contribution is -2.35. The summed E-state index contributed by atoms with van der Waals surface area (Å²) in [5.41, 5.74) is -0.893. The monoisotopic (exact) mass is 317 g/mol. The Labute approximate surface area is 125 Å². The van der Waals surface area contributed by atoms with Crippen LogP contribution in [-0.4, -0.2) is 17.9 Å². The number of carboxylic acids is 1. The van der Waals surface area contributed by atoms with Gasteiger partial charge in [0.1, 0.15) is 5.60 Å². The Morgan fingerprint density at radius 1 is 1.18 bits per heavy atom. The number of hydrogen-bond donors (Lipinski definition) is 0. The lowest BCUT2D eigenvalue weighted by molar-refractivity contribution is -0.275.